The molecule has 8 heteroatoms. The summed E-state index contributed by atoms with van der Waals surface area (Å²) in [6.07, 6.45) is 2.22. The van der Waals surface area contributed by atoms with E-state index in [-0.39, 0.29) is 18.3 Å². The van der Waals surface area contributed by atoms with Crippen LogP contribution in [0, 0.1) is 5.82 Å². The second kappa shape index (κ2) is 8.16. The number of rotatable bonds is 6. The van der Waals surface area contributed by atoms with Gasteiger partial charge in [-0.15, -0.1) is 0 Å². The average molecular weight is 404 g/mol. The number of likely N-dealkylation sites (tertiary alicyclic amines) is 1. The minimum atomic E-state index is -0.388. The fourth-order valence-corrected chi connectivity index (χ4v) is 3.46. The molecule has 1 N–H and O–H groups in total. The van der Waals surface area contributed by atoms with Crippen LogP contribution in [0.4, 0.5) is 10.2 Å². The summed E-state index contributed by atoms with van der Waals surface area (Å²) in [5, 5.41) is 7.74. The van der Waals surface area contributed by atoms with Crippen molar-refractivity contribution in [2.45, 2.75) is 19.4 Å². The number of anilines is 1. The van der Waals surface area contributed by atoms with Crippen molar-refractivity contribution in [1.29, 1.82) is 0 Å². The molecule has 0 aliphatic carbocycles. The van der Waals surface area contributed by atoms with Gasteiger partial charge >= 0.3 is 0 Å². The maximum absolute atomic E-state index is 13.5. The highest BCUT2D eigenvalue weighted by molar-refractivity contribution is 6.31. The molecule has 0 unspecified atom stereocenters. The molecule has 2 aromatic carbocycles. The number of nitrogens with one attached hydrogen (secondary N) is 1. The van der Waals surface area contributed by atoms with Gasteiger partial charge in [0.1, 0.15) is 23.6 Å². The normalized spacial score (nSPS) is 14.5. The van der Waals surface area contributed by atoms with Gasteiger partial charge in [-0.25, -0.2) is 4.39 Å². The molecule has 1 aliphatic rings. The van der Waals surface area contributed by atoms with Crippen LogP contribution in [0.3, 0.4) is 0 Å². The molecular formula is C20H19ClFN3O3. The monoisotopic (exact) mass is 403 g/mol. The van der Waals surface area contributed by atoms with Crippen molar-refractivity contribution in [2.75, 3.05) is 25.0 Å². The summed E-state index contributed by atoms with van der Waals surface area (Å²) in [7, 11) is 0. The molecule has 6 nitrogen and oxygen atoms in total. The van der Waals surface area contributed by atoms with E-state index >= 15 is 0 Å². The Balaban J connectivity index is 1.53. The van der Waals surface area contributed by atoms with Gasteiger partial charge in [-0.1, -0.05) is 22.8 Å². The lowest BCUT2D eigenvalue weighted by molar-refractivity contribution is -0.117. The van der Waals surface area contributed by atoms with Crippen LogP contribution >= 0.6 is 11.6 Å². The van der Waals surface area contributed by atoms with Crippen LogP contribution in [0.25, 0.3) is 11.0 Å². The Labute approximate surface area is 166 Å². The topological polar surface area (TPSA) is 67.6 Å². The van der Waals surface area contributed by atoms with Gasteiger partial charge in [0.05, 0.1) is 6.54 Å². The second-order valence-corrected chi connectivity index (χ2v) is 7.12. The third-order valence-electron chi connectivity index (χ3n) is 4.67. The predicted octanol–water partition coefficient (Wildman–Crippen LogP) is 4.23. The van der Waals surface area contributed by atoms with Gasteiger partial charge in [-0.05, 0) is 56.3 Å². The van der Waals surface area contributed by atoms with Crippen molar-refractivity contribution in [3.8, 4) is 5.75 Å². The Bertz CT molecular complexity index is 1000. The van der Waals surface area contributed by atoms with Crippen LogP contribution in [-0.2, 0) is 11.4 Å². The average Bonchev–Trinajstić information content (AvgIpc) is 3.33. The SMILES string of the molecule is O=C(CN1CCCC1)Nc1noc2cccc(OCc3cc(F)ccc3Cl)c12. The number of nitrogens with zero attached hydrogens (tertiary/aromatic N) is 2. The number of carbonyl (C=O) groups excluding carboxylic acids is 1. The molecule has 2 heterocycles. The summed E-state index contributed by atoms with van der Waals surface area (Å²) < 4.78 is 24.6. The number of halogens is 2. The molecule has 0 spiro atoms. The van der Waals surface area contributed by atoms with Crippen molar-refractivity contribution in [1.82, 2.24) is 10.1 Å². The van der Waals surface area contributed by atoms with Gasteiger partial charge in [0.15, 0.2) is 11.4 Å². The molecule has 1 saturated heterocycles. The minimum Gasteiger partial charge on any atom is -0.488 e. The molecule has 0 atom stereocenters. The number of fused-ring (bicyclic) bond motifs is 1. The Morgan fingerprint density at radius 2 is 2.11 bits per heavy atom. The smallest absolute Gasteiger partial charge is 0.239 e. The number of carbonyl (C=O) groups is 1. The van der Waals surface area contributed by atoms with E-state index in [0.717, 1.165) is 25.9 Å². The number of hydrogen-bond donors (Lipinski definition) is 1. The molecule has 0 radical (unpaired) electrons. The van der Waals surface area contributed by atoms with Crippen LogP contribution in [0.2, 0.25) is 5.02 Å². The van der Waals surface area contributed by atoms with Gasteiger partial charge in [0.2, 0.25) is 5.91 Å². The Morgan fingerprint density at radius 3 is 2.93 bits per heavy atom. The van der Waals surface area contributed by atoms with Crippen molar-refractivity contribution in [3.63, 3.8) is 0 Å². The first-order chi connectivity index (χ1) is 13.6. The molecule has 1 fully saturated rings. The van der Waals surface area contributed by atoms with E-state index in [1.54, 1.807) is 18.2 Å². The lowest BCUT2D eigenvalue weighted by atomic mass is 10.2. The Kier molecular flexibility index (Phi) is 5.45. The molecule has 1 amide bonds. The molecule has 3 aromatic rings. The fraction of sp³-hybridized carbons (Fsp3) is 0.300. The van der Waals surface area contributed by atoms with Crippen molar-refractivity contribution < 1.29 is 18.4 Å². The van der Waals surface area contributed by atoms with E-state index in [2.05, 4.69) is 15.4 Å². The Morgan fingerprint density at radius 1 is 1.29 bits per heavy atom. The van der Waals surface area contributed by atoms with E-state index in [0.29, 0.717) is 39.7 Å². The number of benzene rings is 2. The highest BCUT2D eigenvalue weighted by Gasteiger charge is 2.19. The second-order valence-electron chi connectivity index (χ2n) is 6.72. The van der Waals surface area contributed by atoms with Crippen molar-refractivity contribution >= 4 is 34.3 Å². The molecule has 0 saturated carbocycles. The van der Waals surface area contributed by atoms with E-state index in [9.17, 15) is 9.18 Å². The maximum atomic E-state index is 13.5. The molecule has 1 aliphatic heterocycles. The largest absolute Gasteiger partial charge is 0.488 e. The summed E-state index contributed by atoms with van der Waals surface area (Å²) >= 11 is 6.10. The zero-order chi connectivity index (χ0) is 19.5. The summed E-state index contributed by atoms with van der Waals surface area (Å²) in [5.74, 6) is 0.233. The van der Waals surface area contributed by atoms with E-state index in [4.69, 9.17) is 20.9 Å². The highest BCUT2D eigenvalue weighted by Crippen LogP contribution is 2.33. The lowest BCUT2D eigenvalue weighted by Crippen LogP contribution is -2.31. The van der Waals surface area contributed by atoms with Gasteiger partial charge in [0, 0.05) is 10.6 Å². The van der Waals surface area contributed by atoms with Gasteiger partial charge in [0.25, 0.3) is 0 Å². The van der Waals surface area contributed by atoms with E-state index < -0.39 is 0 Å². The zero-order valence-corrected chi connectivity index (χ0v) is 15.8. The van der Waals surface area contributed by atoms with Crippen LogP contribution in [-0.4, -0.2) is 35.6 Å². The van der Waals surface area contributed by atoms with Crippen LogP contribution < -0.4 is 10.1 Å². The standard InChI is InChI=1S/C20H19ClFN3O3/c21-15-7-6-14(22)10-13(15)12-27-16-4-3-5-17-19(16)20(24-28-17)23-18(26)11-25-8-1-2-9-25/h3-7,10H,1-2,8-9,11-12H2,(H,23,24,26). The summed E-state index contributed by atoms with van der Waals surface area (Å²) in [4.78, 5) is 14.4. The minimum absolute atomic E-state index is 0.0715. The number of ether oxygens (including phenoxy) is 1. The summed E-state index contributed by atoms with van der Waals surface area (Å²) in [5.41, 5.74) is 1.01. The lowest BCUT2D eigenvalue weighted by Gasteiger charge is -2.13. The first kappa shape index (κ1) is 18.7. The van der Waals surface area contributed by atoms with E-state index in [1.165, 1.54) is 18.2 Å². The number of hydrogen-bond acceptors (Lipinski definition) is 5. The predicted molar refractivity (Wildman–Crippen MR) is 104 cm³/mol. The number of amides is 1. The van der Waals surface area contributed by atoms with Crippen LogP contribution in [0.5, 0.6) is 5.75 Å². The third-order valence-corrected chi connectivity index (χ3v) is 5.04. The van der Waals surface area contributed by atoms with E-state index in [1.807, 2.05) is 0 Å². The van der Waals surface area contributed by atoms with Crippen LogP contribution in [0.1, 0.15) is 18.4 Å². The highest BCUT2D eigenvalue weighted by atomic mass is 35.5. The maximum Gasteiger partial charge on any atom is 0.239 e. The van der Waals surface area contributed by atoms with Crippen molar-refractivity contribution in [2.24, 2.45) is 0 Å². The molecule has 28 heavy (non-hydrogen) atoms. The third kappa shape index (κ3) is 4.10. The molecule has 1 aromatic heterocycles. The quantitative estimate of drug-likeness (QED) is 0.667. The zero-order valence-electron chi connectivity index (χ0n) is 15.1. The number of aromatic nitrogens is 1. The van der Waals surface area contributed by atoms with Crippen molar-refractivity contribution in [3.05, 3.63) is 52.8 Å². The molecular weight excluding hydrogens is 385 g/mol. The van der Waals surface area contributed by atoms with Gasteiger partial charge < -0.3 is 14.6 Å². The molecule has 0 bridgehead atoms. The van der Waals surface area contributed by atoms with Gasteiger partial charge in [-0.2, -0.15) is 0 Å². The Hall–Kier alpha value is -2.64. The first-order valence-electron chi connectivity index (χ1n) is 9.07. The molecule has 146 valence electrons. The first-order valence-corrected chi connectivity index (χ1v) is 9.45. The van der Waals surface area contributed by atoms with Crippen LogP contribution in [0.15, 0.2) is 40.9 Å². The molecule has 4 rings (SSSR count). The summed E-state index contributed by atoms with van der Waals surface area (Å²) in [6.45, 7) is 2.24. The fourth-order valence-electron chi connectivity index (χ4n) is 3.29. The summed E-state index contributed by atoms with van der Waals surface area (Å²) in [6, 6.07) is 9.34. The van der Waals surface area contributed by atoms with Gasteiger partial charge in [-0.3, -0.25) is 9.69 Å².